The smallest absolute Gasteiger partial charge is 0.238 e. The fourth-order valence-electron chi connectivity index (χ4n) is 3.54. The van der Waals surface area contributed by atoms with Gasteiger partial charge in [0.1, 0.15) is 6.17 Å². The van der Waals surface area contributed by atoms with Crippen LogP contribution in [0.25, 0.3) is 0 Å². The first-order chi connectivity index (χ1) is 10.2. The Kier molecular flexibility index (Phi) is 4.27. The van der Waals surface area contributed by atoms with Crippen LogP contribution in [0.1, 0.15) is 37.1 Å². The molecule has 0 bridgehead atoms. The van der Waals surface area contributed by atoms with Crippen LogP contribution in [-0.2, 0) is 4.79 Å². The third-order valence-electron chi connectivity index (χ3n) is 4.78. The van der Waals surface area contributed by atoms with Gasteiger partial charge in [-0.2, -0.15) is 0 Å². The van der Waals surface area contributed by atoms with Crippen molar-refractivity contribution in [2.45, 2.75) is 38.9 Å². The number of likely N-dealkylation sites (tertiary alicyclic amines) is 1. The van der Waals surface area contributed by atoms with Crippen molar-refractivity contribution >= 4 is 5.91 Å². The summed E-state index contributed by atoms with van der Waals surface area (Å²) in [7, 11) is 0. The highest BCUT2D eigenvalue weighted by Gasteiger charge is 2.35. The number of benzene rings is 1. The molecule has 0 spiro atoms. The van der Waals surface area contributed by atoms with Gasteiger partial charge < -0.3 is 4.90 Å². The van der Waals surface area contributed by atoms with Crippen molar-refractivity contribution < 1.29 is 4.79 Å². The number of nitrogens with one attached hydrogen (secondary N) is 1. The van der Waals surface area contributed by atoms with E-state index in [1.54, 1.807) is 0 Å². The van der Waals surface area contributed by atoms with E-state index in [0.717, 1.165) is 13.1 Å². The number of likely N-dealkylation sites (N-methyl/N-ethyl adjacent to an activating group) is 1. The third-order valence-corrected chi connectivity index (χ3v) is 4.78. The Morgan fingerprint density at radius 3 is 2.76 bits per heavy atom. The Morgan fingerprint density at radius 2 is 2.05 bits per heavy atom. The molecule has 2 atom stereocenters. The molecule has 114 valence electrons. The molecule has 0 radical (unpaired) electrons. The molecule has 2 aliphatic rings. The highest BCUT2D eigenvalue weighted by atomic mass is 16.2. The summed E-state index contributed by atoms with van der Waals surface area (Å²) in [5.41, 5.74) is 2.44. The van der Waals surface area contributed by atoms with E-state index < -0.39 is 0 Å². The molecule has 2 heterocycles. The maximum atomic E-state index is 12.3. The van der Waals surface area contributed by atoms with E-state index in [4.69, 9.17) is 0 Å². The summed E-state index contributed by atoms with van der Waals surface area (Å²) in [6, 6.07) is 9.01. The van der Waals surface area contributed by atoms with Crippen LogP contribution in [0.4, 0.5) is 0 Å². The van der Waals surface area contributed by atoms with Crippen LogP contribution in [-0.4, -0.2) is 47.9 Å². The second-order valence-electron chi connectivity index (χ2n) is 6.16. The average Bonchev–Trinajstić information content (AvgIpc) is 3.08. The largest absolute Gasteiger partial charge is 0.320 e. The molecule has 2 aliphatic heterocycles. The van der Waals surface area contributed by atoms with Gasteiger partial charge in [0.15, 0.2) is 0 Å². The molecular weight excluding hydrogens is 262 g/mol. The van der Waals surface area contributed by atoms with Gasteiger partial charge in [0.2, 0.25) is 5.91 Å². The van der Waals surface area contributed by atoms with Crippen molar-refractivity contribution in [1.29, 1.82) is 0 Å². The Bertz CT molecular complexity index is 499. The minimum Gasteiger partial charge on any atom is -0.320 e. The van der Waals surface area contributed by atoms with Crippen LogP contribution >= 0.6 is 0 Å². The molecular formula is C17H25N3O. The van der Waals surface area contributed by atoms with E-state index in [0.29, 0.717) is 12.6 Å². The predicted molar refractivity (Wildman–Crippen MR) is 83.9 cm³/mol. The van der Waals surface area contributed by atoms with Crippen LogP contribution in [0.5, 0.6) is 0 Å². The minimum atomic E-state index is 0.0393. The molecule has 0 saturated carbocycles. The van der Waals surface area contributed by atoms with Crippen molar-refractivity contribution in [3.8, 4) is 0 Å². The molecule has 21 heavy (non-hydrogen) atoms. The van der Waals surface area contributed by atoms with Crippen LogP contribution in [0.3, 0.4) is 0 Å². The summed E-state index contributed by atoms with van der Waals surface area (Å²) < 4.78 is 0. The van der Waals surface area contributed by atoms with Crippen molar-refractivity contribution in [3.63, 3.8) is 0 Å². The Hall–Kier alpha value is -1.39. The van der Waals surface area contributed by atoms with E-state index in [1.165, 1.54) is 30.5 Å². The summed E-state index contributed by atoms with van der Waals surface area (Å²) in [4.78, 5) is 16.8. The number of carbonyl (C=O) groups excluding carboxylic acids is 1. The van der Waals surface area contributed by atoms with E-state index >= 15 is 0 Å². The van der Waals surface area contributed by atoms with E-state index in [1.807, 2.05) is 4.90 Å². The van der Waals surface area contributed by atoms with Gasteiger partial charge in [0.25, 0.3) is 0 Å². The fraction of sp³-hybridized carbons (Fsp3) is 0.588. The molecule has 4 nitrogen and oxygen atoms in total. The van der Waals surface area contributed by atoms with E-state index in [9.17, 15) is 4.79 Å². The van der Waals surface area contributed by atoms with Crippen molar-refractivity contribution in [1.82, 2.24) is 15.1 Å². The van der Waals surface area contributed by atoms with Gasteiger partial charge in [-0.05, 0) is 38.4 Å². The Balaban J connectivity index is 1.75. The molecule has 2 saturated heterocycles. The maximum absolute atomic E-state index is 12.3. The molecule has 2 unspecified atom stereocenters. The topological polar surface area (TPSA) is 35.6 Å². The number of nitrogens with zero attached hydrogens (tertiary/aromatic N) is 2. The summed E-state index contributed by atoms with van der Waals surface area (Å²) in [5.74, 6) is 0.225. The van der Waals surface area contributed by atoms with Crippen molar-refractivity contribution in [3.05, 3.63) is 35.4 Å². The van der Waals surface area contributed by atoms with Crippen molar-refractivity contribution in [2.75, 3.05) is 26.2 Å². The van der Waals surface area contributed by atoms with Gasteiger partial charge in [-0.25, -0.2) is 0 Å². The number of aryl methyl sites for hydroxylation is 1. The predicted octanol–water partition coefficient (Wildman–Crippen LogP) is 1.91. The summed E-state index contributed by atoms with van der Waals surface area (Å²) >= 11 is 0. The fourth-order valence-corrected chi connectivity index (χ4v) is 3.54. The van der Waals surface area contributed by atoms with Crippen LogP contribution in [0.2, 0.25) is 0 Å². The first-order valence-electron chi connectivity index (χ1n) is 8.02. The lowest BCUT2D eigenvalue weighted by atomic mass is 10.1. The van der Waals surface area contributed by atoms with Crippen LogP contribution < -0.4 is 5.32 Å². The van der Waals surface area contributed by atoms with Gasteiger partial charge in [-0.15, -0.1) is 0 Å². The average molecular weight is 287 g/mol. The zero-order valence-electron chi connectivity index (χ0n) is 13.0. The molecule has 1 N–H and O–H groups in total. The zero-order valence-corrected chi connectivity index (χ0v) is 13.0. The molecule has 1 amide bonds. The molecule has 1 aromatic rings. The normalized spacial score (nSPS) is 26.8. The first-order valence-corrected chi connectivity index (χ1v) is 8.02. The number of hydrogen-bond acceptors (Lipinski definition) is 3. The van der Waals surface area contributed by atoms with Gasteiger partial charge in [-0.3, -0.25) is 15.0 Å². The highest BCUT2D eigenvalue weighted by Crippen LogP contribution is 2.26. The number of hydrogen-bond donors (Lipinski definition) is 1. The molecule has 2 fully saturated rings. The van der Waals surface area contributed by atoms with Gasteiger partial charge in [-0.1, -0.05) is 36.8 Å². The lowest BCUT2D eigenvalue weighted by Crippen LogP contribution is -2.42. The van der Waals surface area contributed by atoms with Crippen LogP contribution in [0, 0.1) is 6.92 Å². The van der Waals surface area contributed by atoms with Gasteiger partial charge >= 0.3 is 0 Å². The molecule has 4 heteroatoms. The van der Waals surface area contributed by atoms with Gasteiger partial charge in [0, 0.05) is 12.6 Å². The lowest BCUT2D eigenvalue weighted by Gasteiger charge is -2.31. The van der Waals surface area contributed by atoms with Crippen molar-refractivity contribution in [2.24, 2.45) is 0 Å². The lowest BCUT2D eigenvalue weighted by molar-refractivity contribution is -0.128. The third kappa shape index (κ3) is 2.97. The number of carbonyl (C=O) groups is 1. The minimum absolute atomic E-state index is 0.0393. The molecule has 0 aliphatic carbocycles. The molecule has 1 aromatic carbocycles. The van der Waals surface area contributed by atoms with Gasteiger partial charge in [0.05, 0.1) is 6.54 Å². The number of rotatable bonds is 4. The second-order valence-corrected chi connectivity index (χ2v) is 6.16. The second kappa shape index (κ2) is 6.16. The standard InChI is InChI=1S/C17H25N3O/c1-3-19-10-4-5-15(19)12-20-16(21)11-18-17(20)14-8-6-13(2)7-9-14/h6-9,15,17-18H,3-5,10-12H2,1-2H3. The maximum Gasteiger partial charge on any atom is 0.238 e. The van der Waals surface area contributed by atoms with Crippen LogP contribution in [0.15, 0.2) is 24.3 Å². The Labute approximate surface area is 127 Å². The quantitative estimate of drug-likeness (QED) is 0.919. The molecule has 0 aromatic heterocycles. The summed E-state index contributed by atoms with van der Waals surface area (Å²) in [5, 5.41) is 3.36. The SMILES string of the molecule is CCN1CCCC1CN1C(=O)CNC1c1ccc(C)cc1. The molecule has 3 rings (SSSR count). The first kappa shape index (κ1) is 14.5. The summed E-state index contributed by atoms with van der Waals surface area (Å²) in [6.45, 7) is 7.85. The summed E-state index contributed by atoms with van der Waals surface area (Å²) in [6.07, 6.45) is 2.50. The zero-order chi connectivity index (χ0) is 14.8. The number of amides is 1. The Morgan fingerprint density at radius 1 is 1.29 bits per heavy atom. The van der Waals surface area contributed by atoms with E-state index in [-0.39, 0.29) is 12.1 Å². The van der Waals surface area contributed by atoms with E-state index in [2.05, 4.69) is 48.3 Å². The monoisotopic (exact) mass is 287 g/mol. The highest BCUT2D eigenvalue weighted by molar-refractivity contribution is 5.81.